The zero-order valence-corrected chi connectivity index (χ0v) is 13.4. The van der Waals surface area contributed by atoms with E-state index in [1.165, 1.54) is 23.9 Å². The van der Waals surface area contributed by atoms with Crippen LogP contribution in [0.5, 0.6) is 0 Å². The normalized spacial score (nSPS) is 11.3. The van der Waals surface area contributed by atoms with Gasteiger partial charge in [0.2, 0.25) is 0 Å². The molecule has 0 heterocycles. The Labute approximate surface area is 142 Å². The van der Waals surface area contributed by atoms with Gasteiger partial charge in [-0.15, -0.1) is 11.8 Å². The highest BCUT2D eigenvalue weighted by molar-refractivity contribution is 7.99. The van der Waals surface area contributed by atoms with Gasteiger partial charge in [0, 0.05) is 10.6 Å². The quantitative estimate of drug-likeness (QED) is 0.475. The Balaban J connectivity index is 1.89. The molecule has 0 aliphatic heterocycles. The van der Waals surface area contributed by atoms with Crippen molar-refractivity contribution in [2.75, 3.05) is 5.75 Å². The molecule has 0 spiro atoms. The minimum atomic E-state index is -1.21. The molecule has 0 aromatic heterocycles. The fourth-order valence-corrected chi connectivity index (χ4v) is 2.69. The number of ether oxygens (including phenoxy) is 1. The Bertz CT molecular complexity index is 705. The lowest BCUT2D eigenvalue weighted by atomic mass is 10.2. The van der Waals surface area contributed by atoms with Crippen LogP contribution in [-0.2, 0) is 9.53 Å². The number of esters is 1. The van der Waals surface area contributed by atoms with Crippen LogP contribution in [0.4, 0.5) is 4.79 Å². The number of alkyl carbamates (subject to hydrolysis) is 1. The molecule has 0 unspecified atom stereocenters. The molecule has 1 amide bonds. The second-order valence-electron chi connectivity index (χ2n) is 4.70. The SMILES string of the molecule is O=C(N[C@@H](CSc1ccccc1)C(=O)O)OC(=O)c1ccccc1. The van der Waals surface area contributed by atoms with Crippen LogP contribution in [0.15, 0.2) is 65.6 Å². The number of hydrogen-bond donors (Lipinski definition) is 2. The van der Waals surface area contributed by atoms with E-state index in [4.69, 9.17) is 0 Å². The van der Waals surface area contributed by atoms with Crippen LogP contribution in [0, 0.1) is 0 Å². The minimum Gasteiger partial charge on any atom is -0.480 e. The summed E-state index contributed by atoms with van der Waals surface area (Å²) in [5.74, 6) is -1.94. The highest BCUT2D eigenvalue weighted by Crippen LogP contribution is 2.18. The van der Waals surface area contributed by atoms with Gasteiger partial charge in [0.05, 0.1) is 5.56 Å². The van der Waals surface area contributed by atoms with Gasteiger partial charge in [0.15, 0.2) is 0 Å². The lowest BCUT2D eigenvalue weighted by molar-refractivity contribution is -0.138. The first-order chi connectivity index (χ1) is 11.6. The van der Waals surface area contributed by atoms with E-state index in [-0.39, 0.29) is 11.3 Å². The zero-order valence-electron chi connectivity index (χ0n) is 12.5. The molecular weight excluding hydrogens is 330 g/mol. The summed E-state index contributed by atoms with van der Waals surface area (Å²) in [4.78, 5) is 35.6. The van der Waals surface area contributed by atoms with Gasteiger partial charge in [0.1, 0.15) is 6.04 Å². The Kier molecular flexibility index (Phi) is 6.39. The minimum absolute atomic E-state index is 0.105. The lowest BCUT2D eigenvalue weighted by Gasteiger charge is -2.13. The van der Waals surface area contributed by atoms with Crippen molar-refractivity contribution in [3.63, 3.8) is 0 Å². The molecule has 0 radical (unpaired) electrons. The molecule has 1 atom stereocenters. The number of rotatable bonds is 6. The number of amides is 1. The van der Waals surface area contributed by atoms with Gasteiger partial charge in [-0.25, -0.2) is 14.4 Å². The van der Waals surface area contributed by atoms with Crippen LogP contribution in [0.2, 0.25) is 0 Å². The van der Waals surface area contributed by atoms with Crippen LogP contribution < -0.4 is 5.32 Å². The monoisotopic (exact) mass is 345 g/mol. The molecule has 2 N–H and O–H groups in total. The molecule has 7 heteroatoms. The first kappa shape index (κ1) is 17.6. The summed E-state index contributed by atoms with van der Waals surface area (Å²) >= 11 is 1.28. The molecule has 2 aromatic carbocycles. The molecule has 24 heavy (non-hydrogen) atoms. The van der Waals surface area contributed by atoms with Crippen LogP contribution in [-0.4, -0.2) is 34.9 Å². The van der Waals surface area contributed by atoms with Crippen LogP contribution in [0.3, 0.4) is 0 Å². The molecule has 2 rings (SSSR count). The molecule has 0 bridgehead atoms. The van der Waals surface area contributed by atoms with Gasteiger partial charge < -0.3 is 15.2 Å². The standard InChI is InChI=1S/C17H15NO5S/c19-15(20)14(11-24-13-9-5-2-6-10-13)18-17(22)23-16(21)12-7-3-1-4-8-12/h1-10,14H,11H2,(H,18,22)(H,19,20)/t14-/m0/s1. The van der Waals surface area contributed by atoms with Gasteiger partial charge in [0.25, 0.3) is 0 Å². The maximum atomic E-state index is 11.8. The first-order valence-electron chi connectivity index (χ1n) is 7.04. The van der Waals surface area contributed by atoms with Gasteiger partial charge in [-0.1, -0.05) is 36.4 Å². The van der Waals surface area contributed by atoms with E-state index < -0.39 is 24.1 Å². The number of benzene rings is 2. The third-order valence-corrected chi connectivity index (χ3v) is 4.05. The number of aliphatic carboxylic acids is 1. The van der Waals surface area contributed by atoms with Crippen molar-refractivity contribution in [1.29, 1.82) is 0 Å². The maximum Gasteiger partial charge on any atom is 0.415 e. The maximum absolute atomic E-state index is 11.8. The highest BCUT2D eigenvalue weighted by atomic mass is 32.2. The number of thioether (sulfide) groups is 1. The second kappa shape index (κ2) is 8.73. The van der Waals surface area contributed by atoms with Gasteiger partial charge in [-0.2, -0.15) is 0 Å². The largest absolute Gasteiger partial charge is 0.480 e. The van der Waals surface area contributed by atoms with E-state index in [0.717, 1.165) is 4.90 Å². The summed E-state index contributed by atoms with van der Waals surface area (Å²) in [6.07, 6.45) is -1.09. The summed E-state index contributed by atoms with van der Waals surface area (Å²) in [6.45, 7) is 0. The number of hydrogen-bond acceptors (Lipinski definition) is 5. The number of nitrogens with one attached hydrogen (secondary N) is 1. The topological polar surface area (TPSA) is 92.7 Å². The van der Waals surface area contributed by atoms with E-state index >= 15 is 0 Å². The average molecular weight is 345 g/mol. The molecule has 0 saturated heterocycles. The van der Waals surface area contributed by atoms with Crippen LogP contribution >= 0.6 is 11.8 Å². The van der Waals surface area contributed by atoms with E-state index in [9.17, 15) is 19.5 Å². The fraction of sp³-hybridized carbons (Fsp3) is 0.118. The summed E-state index contributed by atoms with van der Waals surface area (Å²) < 4.78 is 4.61. The van der Waals surface area contributed by atoms with Crippen molar-refractivity contribution in [2.45, 2.75) is 10.9 Å². The second-order valence-corrected chi connectivity index (χ2v) is 5.80. The smallest absolute Gasteiger partial charge is 0.415 e. The van der Waals surface area contributed by atoms with Crippen molar-refractivity contribution >= 4 is 29.8 Å². The molecule has 0 aliphatic carbocycles. The molecule has 2 aromatic rings. The van der Waals surface area contributed by atoms with Crippen LogP contribution in [0.25, 0.3) is 0 Å². The van der Waals surface area contributed by atoms with Crippen molar-refractivity contribution in [3.8, 4) is 0 Å². The van der Waals surface area contributed by atoms with Gasteiger partial charge in [-0.05, 0) is 24.3 Å². The van der Waals surface area contributed by atoms with E-state index in [2.05, 4.69) is 10.1 Å². The Morgan fingerprint density at radius 2 is 1.58 bits per heavy atom. The first-order valence-corrected chi connectivity index (χ1v) is 8.03. The summed E-state index contributed by atoms with van der Waals surface area (Å²) in [5.41, 5.74) is 0.207. The molecule has 0 fully saturated rings. The number of carboxylic acid groups (broad SMARTS) is 1. The molecule has 6 nitrogen and oxygen atoms in total. The summed E-state index contributed by atoms with van der Waals surface area (Å²) in [7, 11) is 0. The molecule has 0 saturated carbocycles. The van der Waals surface area contributed by atoms with Crippen LogP contribution in [0.1, 0.15) is 10.4 Å². The number of carboxylic acids is 1. The predicted octanol–water partition coefficient (Wildman–Crippen LogP) is 2.80. The van der Waals surface area contributed by atoms with Crippen molar-refractivity contribution in [3.05, 3.63) is 66.2 Å². The van der Waals surface area contributed by atoms with Crippen molar-refractivity contribution < 1.29 is 24.2 Å². The average Bonchev–Trinajstić information content (AvgIpc) is 2.60. The van der Waals surface area contributed by atoms with E-state index in [1.807, 2.05) is 30.3 Å². The third-order valence-electron chi connectivity index (χ3n) is 2.94. The number of carbonyl (C=O) groups excluding carboxylic acids is 2. The summed E-state index contributed by atoms with van der Waals surface area (Å²) in [6, 6.07) is 16.0. The van der Waals surface area contributed by atoms with Crippen molar-refractivity contribution in [2.24, 2.45) is 0 Å². The molecule has 124 valence electrons. The van der Waals surface area contributed by atoms with Gasteiger partial charge >= 0.3 is 18.0 Å². The fourth-order valence-electron chi connectivity index (χ4n) is 1.76. The van der Waals surface area contributed by atoms with E-state index in [1.54, 1.807) is 18.2 Å². The Morgan fingerprint density at radius 3 is 2.17 bits per heavy atom. The number of carbonyl (C=O) groups is 3. The lowest BCUT2D eigenvalue weighted by Crippen LogP contribution is -2.43. The molecular formula is C17H15NO5S. The summed E-state index contributed by atoms with van der Waals surface area (Å²) in [5, 5.41) is 11.4. The van der Waals surface area contributed by atoms with E-state index in [0.29, 0.717) is 0 Å². The van der Waals surface area contributed by atoms with Gasteiger partial charge in [-0.3, -0.25) is 0 Å². The molecule has 0 aliphatic rings. The highest BCUT2D eigenvalue weighted by Gasteiger charge is 2.22. The third kappa shape index (κ3) is 5.44. The zero-order chi connectivity index (χ0) is 17.4. The predicted molar refractivity (Wildman–Crippen MR) is 89.0 cm³/mol. The Morgan fingerprint density at radius 1 is 1.00 bits per heavy atom. The Hall–Kier alpha value is -2.80. The van der Waals surface area contributed by atoms with Crippen molar-refractivity contribution in [1.82, 2.24) is 5.32 Å².